The first kappa shape index (κ1) is 17.6. The SMILES string of the molecule is Cc1ccc(NCC(O)O)cc1.O=C(OO)c1ccccc1. The van der Waals surface area contributed by atoms with Crippen molar-refractivity contribution in [2.45, 2.75) is 13.2 Å². The van der Waals surface area contributed by atoms with Crippen LogP contribution in [0.1, 0.15) is 15.9 Å². The summed E-state index contributed by atoms with van der Waals surface area (Å²) >= 11 is 0. The molecule has 0 bridgehead atoms. The van der Waals surface area contributed by atoms with Crippen LogP contribution >= 0.6 is 0 Å². The molecule has 0 aromatic heterocycles. The maximum atomic E-state index is 10.5. The number of nitrogens with one attached hydrogen (secondary N) is 1. The van der Waals surface area contributed by atoms with Gasteiger partial charge in [-0.3, -0.25) is 4.89 Å². The van der Waals surface area contributed by atoms with E-state index in [1.54, 1.807) is 30.3 Å². The normalized spacial score (nSPS) is 9.68. The van der Waals surface area contributed by atoms with Crippen molar-refractivity contribution in [1.82, 2.24) is 0 Å². The molecule has 22 heavy (non-hydrogen) atoms. The Morgan fingerprint density at radius 2 is 1.68 bits per heavy atom. The Labute approximate surface area is 128 Å². The van der Waals surface area contributed by atoms with Crippen LogP contribution in [-0.2, 0) is 4.89 Å². The molecule has 0 fully saturated rings. The number of benzene rings is 2. The summed E-state index contributed by atoms with van der Waals surface area (Å²) < 4.78 is 0. The van der Waals surface area contributed by atoms with Gasteiger partial charge >= 0.3 is 5.97 Å². The molecule has 4 N–H and O–H groups in total. The van der Waals surface area contributed by atoms with Crippen LogP contribution in [0, 0.1) is 6.92 Å². The smallest absolute Gasteiger partial charge is 0.372 e. The second kappa shape index (κ2) is 9.51. The lowest BCUT2D eigenvalue weighted by molar-refractivity contribution is -0.182. The van der Waals surface area contributed by atoms with Crippen molar-refractivity contribution in [3.05, 3.63) is 65.7 Å². The molecule has 2 rings (SSSR count). The van der Waals surface area contributed by atoms with E-state index < -0.39 is 12.3 Å². The lowest BCUT2D eigenvalue weighted by atomic mass is 10.2. The van der Waals surface area contributed by atoms with Gasteiger partial charge in [-0.05, 0) is 31.2 Å². The van der Waals surface area contributed by atoms with Gasteiger partial charge in [0.1, 0.15) is 0 Å². The molecular weight excluding hydrogens is 286 g/mol. The third-order valence-corrected chi connectivity index (χ3v) is 2.63. The molecule has 0 aliphatic heterocycles. The van der Waals surface area contributed by atoms with E-state index in [4.69, 9.17) is 15.5 Å². The Morgan fingerprint density at radius 3 is 2.18 bits per heavy atom. The van der Waals surface area contributed by atoms with E-state index in [2.05, 4.69) is 10.2 Å². The van der Waals surface area contributed by atoms with Gasteiger partial charge in [-0.15, -0.1) is 0 Å². The van der Waals surface area contributed by atoms with Crippen molar-refractivity contribution in [1.29, 1.82) is 0 Å². The number of aliphatic hydroxyl groups excluding tert-OH is 1. The van der Waals surface area contributed by atoms with E-state index in [1.807, 2.05) is 31.2 Å². The average Bonchev–Trinajstić information content (AvgIpc) is 2.55. The molecule has 0 amide bonds. The van der Waals surface area contributed by atoms with Crippen molar-refractivity contribution < 1.29 is 25.2 Å². The Morgan fingerprint density at radius 1 is 1.09 bits per heavy atom. The quantitative estimate of drug-likeness (QED) is 0.392. The van der Waals surface area contributed by atoms with Crippen LogP contribution in [0.5, 0.6) is 0 Å². The van der Waals surface area contributed by atoms with E-state index in [9.17, 15) is 4.79 Å². The van der Waals surface area contributed by atoms with Crippen molar-refractivity contribution >= 4 is 11.7 Å². The van der Waals surface area contributed by atoms with Crippen molar-refractivity contribution in [2.24, 2.45) is 0 Å². The summed E-state index contributed by atoms with van der Waals surface area (Å²) in [6.45, 7) is 2.16. The molecule has 0 spiro atoms. The van der Waals surface area contributed by atoms with E-state index in [0.717, 1.165) is 5.69 Å². The monoisotopic (exact) mass is 305 g/mol. The molecule has 118 valence electrons. The fourth-order valence-electron chi connectivity index (χ4n) is 1.51. The van der Waals surface area contributed by atoms with Gasteiger partial charge in [0.2, 0.25) is 0 Å². The Bertz CT molecular complexity index is 555. The predicted octanol–water partition coefficient (Wildman–Crippen LogP) is 2.03. The van der Waals surface area contributed by atoms with Gasteiger partial charge in [0.05, 0.1) is 12.1 Å². The topological polar surface area (TPSA) is 99.0 Å². The summed E-state index contributed by atoms with van der Waals surface area (Å²) in [5.74, 6) is -0.736. The second-order valence-electron chi connectivity index (χ2n) is 4.47. The van der Waals surface area contributed by atoms with Gasteiger partial charge in [-0.2, -0.15) is 5.26 Å². The van der Waals surface area contributed by atoms with E-state index in [-0.39, 0.29) is 6.54 Å². The van der Waals surface area contributed by atoms with Crippen molar-refractivity contribution in [3.8, 4) is 0 Å². The van der Waals surface area contributed by atoms with Crippen LogP contribution < -0.4 is 5.32 Å². The molecular formula is C16H19NO5. The molecule has 2 aromatic rings. The van der Waals surface area contributed by atoms with Gasteiger partial charge in [0, 0.05) is 5.69 Å². The highest BCUT2D eigenvalue weighted by Crippen LogP contribution is 2.07. The molecule has 0 atom stereocenters. The van der Waals surface area contributed by atoms with Gasteiger partial charge in [0.15, 0.2) is 6.29 Å². The predicted molar refractivity (Wildman–Crippen MR) is 82.4 cm³/mol. The van der Waals surface area contributed by atoms with Crippen LogP contribution in [0.4, 0.5) is 5.69 Å². The van der Waals surface area contributed by atoms with E-state index in [1.165, 1.54) is 5.56 Å². The molecule has 0 saturated heterocycles. The van der Waals surface area contributed by atoms with Crippen LogP contribution in [0.25, 0.3) is 0 Å². The number of carbonyl (C=O) groups excluding carboxylic acids is 1. The molecule has 2 aromatic carbocycles. The molecule has 0 aliphatic rings. The zero-order valence-electron chi connectivity index (χ0n) is 12.1. The number of hydrogen-bond donors (Lipinski definition) is 4. The number of hydrogen-bond acceptors (Lipinski definition) is 6. The standard InChI is InChI=1S/C9H13NO2.C7H6O3/c1-7-2-4-8(5-3-7)10-6-9(11)12;8-7(10-9)6-4-2-1-3-5-6/h2-5,9-12H,6H2,1H3;1-5,9H. The molecule has 6 heteroatoms. The maximum Gasteiger partial charge on any atom is 0.372 e. The van der Waals surface area contributed by atoms with E-state index >= 15 is 0 Å². The Balaban J connectivity index is 0.000000224. The molecule has 0 saturated carbocycles. The summed E-state index contributed by atoms with van der Waals surface area (Å²) in [7, 11) is 0. The highest BCUT2D eigenvalue weighted by atomic mass is 17.1. The summed E-state index contributed by atoms with van der Waals surface area (Å²) in [5.41, 5.74) is 2.42. The molecule has 0 heterocycles. The fourth-order valence-corrected chi connectivity index (χ4v) is 1.51. The summed E-state index contributed by atoms with van der Waals surface area (Å²) in [5, 5.41) is 27.9. The Kier molecular flexibility index (Phi) is 7.63. The van der Waals surface area contributed by atoms with E-state index in [0.29, 0.717) is 5.56 Å². The number of rotatable bonds is 4. The third-order valence-electron chi connectivity index (χ3n) is 2.63. The lowest BCUT2D eigenvalue weighted by Gasteiger charge is -2.07. The average molecular weight is 305 g/mol. The van der Waals surface area contributed by atoms with Crippen LogP contribution in [-0.4, -0.2) is 34.3 Å². The third kappa shape index (κ3) is 6.85. The molecule has 0 unspecified atom stereocenters. The van der Waals surface area contributed by atoms with Gasteiger partial charge in [-0.1, -0.05) is 35.9 Å². The first-order chi connectivity index (χ1) is 10.5. The second-order valence-corrected chi connectivity index (χ2v) is 4.47. The van der Waals surface area contributed by atoms with Gasteiger partial charge in [-0.25, -0.2) is 4.79 Å². The summed E-state index contributed by atoms with van der Waals surface area (Å²) in [6.07, 6.45) is -1.30. The summed E-state index contributed by atoms with van der Waals surface area (Å²) in [6, 6.07) is 16.0. The van der Waals surface area contributed by atoms with Crippen LogP contribution in [0.3, 0.4) is 0 Å². The minimum Gasteiger partial charge on any atom is -0.380 e. The number of carbonyl (C=O) groups is 1. The lowest BCUT2D eigenvalue weighted by Crippen LogP contribution is -2.18. The number of aryl methyl sites for hydroxylation is 1. The first-order valence-corrected chi connectivity index (χ1v) is 6.60. The van der Waals surface area contributed by atoms with Gasteiger partial charge < -0.3 is 15.5 Å². The van der Waals surface area contributed by atoms with Crippen LogP contribution in [0.2, 0.25) is 0 Å². The highest BCUT2D eigenvalue weighted by Gasteiger charge is 2.02. The zero-order chi connectivity index (χ0) is 16.4. The number of anilines is 1. The fraction of sp³-hybridized carbons (Fsp3) is 0.188. The molecule has 6 nitrogen and oxygen atoms in total. The zero-order valence-corrected chi connectivity index (χ0v) is 12.1. The maximum absolute atomic E-state index is 10.5. The van der Waals surface area contributed by atoms with Gasteiger partial charge in [0.25, 0.3) is 0 Å². The first-order valence-electron chi connectivity index (χ1n) is 6.60. The minimum atomic E-state index is -1.30. The van der Waals surface area contributed by atoms with Crippen molar-refractivity contribution in [2.75, 3.05) is 11.9 Å². The van der Waals surface area contributed by atoms with Crippen molar-refractivity contribution in [3.63, 3.8) is 0 Å². The number of aliphatic hydroxyl groups is 2. The summed E-state index contributed by atoms with van der Waals surface area (Å²) in [4.78, 5) is 14.0. The Hall–Kier alpha value is -2.41. The highest BCUT2D eigenvalue weighted by molar-refractivity contribution is 5.88. The largest absolute Gasteiger partial charge is 0.380 e. The molecule has 0 aliphatic carbocycles. The van der Waals surface area contributed by atoms with Crippen LogP contribution in [0.15, 0.2) is 54.6 Å². The molecule has 0 radical (unpaired) electrons. The minimum absolute atomic E-state index is 0.156.